The molecule has 2 aromatic heterocycles. The minimum absolute atomic E-state index is 0.0741. The van der Waals surface area contributed by atoms with Gasteiger partial charge in [-0.1, -0.05) is 0 Å². The van der Waals surface area contributed by atoms with E-state index in [-0.39, 0.29) is 11.8 Å². The summed E-state index contributed by atoms with van der Waals surface area (Å²) < 4.78 is 7.11. The van der Waals surface area contributed by atoms with Crippen LogP contribution in [0.3, 0.4) is 0 Å². The Morgan fingerprint density at radius 3 is 2.51 bits per heavy atom. The van der Waals surface area contributed by atoms with Crippen LogP contribution in [0.25, 0.3) is 11.0 Å². The van der Waals surface area contributed by atoms with E-state index in [2.05, 4.69) is 25.6 Å². The number of carbonyl (C=O) groups is 2. The number of amides is 2. The van der Waals surface area contributed by atoms with Crippen molar-refractivity contribution in [2.45, 2.75) is 39.7 Å². The molecule has 2 N–H and O–H groups in total. The highest BCUT2D eigenvalue weighted by molar-refractivity contribution is 6.17. The van der Waals surface area contributed by atoms with E-state index in [4.69, 9.17) is 16.3 Å². The standard InChI is InChI=1S/C24H32ClN7O3/c1-4-31(5-2)23-26-15-17(16-27-23)22(34)30-24-29-19-14-18(28-21(33)8-6-7-11-25)9-10-20(19)32(24)12-13-35-3/h9-10,14-16H,4-8,11-13H2,1-3H3,(H,28,33)(H,29,30,34). The average molecular weight is 502 g/mol. The van der Waals surface area contributed by atoms with E-state index >= 15 is 0 Å². The number of ether oxygens (including phenoxy) is 1. The van der Waals surface area contributed by atoms with Crippen molar-refractivity contribution in [1.82, 2.24) is 19.5 Å². The molecule has 0 aliphatic carbocycles. The molecule has 3 aromatic rings. The largest absolute Gasteiger partial charge is 0.383 e. The fourth-order valence-electron chi connectivity index (χ4n) is 3.60. The first-order valence-corrected chi connectivity index (χ1v) is 12.3. The van der Waals surface area contributed by atoms with Crippen LogP contribution in [0.1, 0.15) is 43.5 Å². The normalized spacial score (nSPS) is 11.0. The Hall–Kier alpha value is -3.24. The second-order valence-electron chi connectivity index (χ2n) is 7.88. The lowest BCUT2D eigenvalue weighted by molar-refractivity contribution is -0.116. The van der Waals surface area contributed by atoms with E-state index in [1.54, 1.807) is 13.2 Å². The Kier molecular flexibility index (Phi) is 9.80. The third-order valence-electron chi connectivity index (χ3n) is 5.51. The number of imidazole rings is 1. The van der Waals surface area contributed by atoms with E-state index in [1.807, 2.05) is 35.4 Å². The number of hydrogen-bond donors (Lipinski definition) is 2. The number of fused-ring (bicyclic) bond motifs is 1. The fraction of sp³-hybridized carbons (Fsp3) is 0.458. The molecular formula is C24H32ClN7O3. The molecule has 2 heterocycles. The number of rotatable bonds is 13. The smallest absolute Gasteiger partial charge is 0.261 e. The zero-order valence-electron chi connectivity index (χ0n) is 20.4. The number of alkyl halides is 1. The van der Waals surface area contributed by atoms with Crippen LogP contribution < -0.4 is 15.5 Å². The van der Waals surface area contributed by atoms with Gasteiger partial charge in [0.25, 0.3) is 5.91 Å². The van der Waals surface area contributed by atoms with E-state index in [1.165, 1.54) is 12.4 Å². The first-order valence-electron chi connectivity index (χ1n) is 11.7. The SMILES string of the molecule is CCN(CC)c1ncc(C(=O)Nc2nc3cc(NC(=O)CCCCCl)ccc3n2CCOC)cn1. The monoisotopic (exact) mass is 501 g/mol. The predicted octanol–water partition coefficient (Wildman–Crippen LogP) is 3.92. The molecule has 0 fully saturated rings. The van der Waals surface area contributed by atoms with Crippen molar-refractivity contribution in [3.63, 3.8) is 0 Å². The summed E-state index contributed by atoms with van der Waals surface area (Å²) >= 11 is 5.68. The number of nitrogens with one attached hydrogen (secondary N) is 2. The number of carbonyl (C=O) groups excluding carboxylic acids is 2. The molecule has 0 atom stereocenters. The Balaban J connectivity index is 1.80. The van der Waals surface area contributed by atoms with E-state index < -0.39 is 0 Å². The zero-order chi connectivity index (χ0) is 25.2. The molecule has 11 heteroatoms. The van der Waals surface area contributed by atoms with E-state index in [0.717, 1.165) is 31.4 Å². The molecule has 35 heavy (non-hydrogen) atoms. The number of methoxy groups -OCH3 is 1. The summed E-state index contributed by atoms with van der Waals surface area (Å²) in [6, 6.07) is 5.47. The number of halogens is 1. The average Bonchev–Trinajstić information content (AvgIpc) is 3.19. The van der Waals surface area contributed by atoms with Gasteiger partial charge in [-0.2, -0.15) is 0 Å². The van der Waals surface area contributed by atoms with Gasteiger partial charge in [0, 0.05) is 57.1 Å². The summed E-state index contributed by atoms with van der Waals surface area (Å²) in [4.78, 5) is 40.3. The summed E-state index contributed by atoms with van der Waals surface area (Å²) in [5.74, 6) is 1.06. The van der Waals surface area contributed by atoms with Crippen molar-refractivity contribution in [3.05, 3.63) is 36.2 Å². The maximum atomic E-state index is 12.9. The van der Waals surface area contributed by atoms with Crippen LogP contribution in [0, 0.1) is 0 Å². The van der Waals surface area contributed by atoms with Crippen LogP contribution in [-0.4, -0.2) is 64.0 Å². The van der Waals surface area contributed by atoms with Crippen molar-refractivity contribution >= 4 is 52.0 Å². The molecule has 0 unspecified atom stereocenters. The lowest BCUT2D eigenvalue weighted by atomic mass is 10.2. The van der Waals surface area contributed by atoms with E-state index in [0.29, 0.717) is 54.1 Å². The molecule has 1 aromatic carbocycles. The second-order valence-corrected chi connectivity index (χ2v) is 8.25. The summed E-state index contributed by atoms with van der Waals surface area (Å²) in [5.41, 5.74) is 2.42. The van der Waals surface area contributed by atoms with Gasteiger partial charge in [0.15, 0.2) is 0 Å². The fourth-order valence-corrected chi connectivity index (χ4v) is 3.79. The maximum absolute atomic E-state index is 12.9. The molecule has 0 aliphatic rings. The van der Waals surface area contributed by atoms with E-state index in [9.17, 15) is 9.59 Å². The topological polar surface area (TPSA) is 114 Å². The summed E-state index contributed by atoms with van der Waals surface area (Å²) in [5, 5.41) is 5.75. The molecule has 0 radical (unpaired) electrons. The summed E-state index contributed by atoms with van der Waals surface area (Å²) in [6.07, 6.45) is 4.96. The van der Waals surface area contributed by atoms with Gasteiger partial charge in [-0.05, 0) is 44.9 Å². The number of unbranched alkanes of at least 4 members (excludes halogenated alkanes) is 1. The van der Waals surface area contributed by atoms with Crippen molar-refractivity contribution in [2.24, 2.45) is 0 Å². The Bertz CT molecular complexity index is 1130. The Labute approximate surface area is 210 Å². The van der Waals surface area contributed by atoms with Crippen LogP contribution in [0.15, 0.2) is 30.6 Å². The lowest BCUT2D eigenvalue weighted by Crippen LogP contribution is -2.24. The van der Waals surface area contributed by atoms with Gasteiger partial charge < -0.3 is 19.5 Å². The molecule has 0 bridgehead atoms. The number of nitrogens with zero attached hydrogens (tertiary/aromatic N) is 5. The first-order chi connectivity index (χ1) is 17.0. The number of hydrogen-bond acceptors (Lipinski definition) is 7. The first kappa shape index (κ1) is 26.4. The minimum atomic E-state index is -0.363. The van der Waals surface area contributed by atoms with Crippen LogP contribution in [0.2, 0.25) is 0 Å². The molecular weight excluding hydrogens is 470 g/mol. The minimum Gasteiger partial charge on any atom is -0.383 e. The van der Waals surface area contributed by atoms with Crippen LogP contribution in [0.4, 0.5) is 17.6 Å². The second kappa shape index (κ2) is 13.0. The zero-order valence-corrected chi connectivity index (χ0v) is 21.1. The van der Waals surface area contributed by atoms with Gasteiger partial charge in [-0.15, -0.1) is 11.6 Å². The molecule has 0 spiro atoms. The molecule has 10 nitrogen and oxygen atoms in total. The van der Waals surface area contributed by atoms with Crippen molar-refractivity contribution < 1.29 is 14.3 Å². The van der Waals surface area contributed by atoms with Crippen LogP contribution >= 0.6 is 11.6 Å². The quantitative estimate of drug-likeness (QED) is 0.269. The van der Waals surface area contributed by atoms with Gasteiger partial charge in [-0.25, -0.2) is 15.0 Å². The molecule has 0 aliphatic heterocycles. The Morgan fingerprint density at radius 2 is 1.86 bits per heavy atom. The summed E-state index contributed by atoms with van der Waals surface area (Å²) in [6.45, 7) is 6.54. The van der Waals surface area contributed by atoms with Gasteiger partial charge in [0.1, 0.15) is 0 Å². The third kappa shape index (κ3) is 6.89. The van der Waals surface area contributed by atoms with Crippen LogP contribution in [0.5, 0.6) is 0 Å². The maximum Gasteiger partial charge on any atom is 0.261 e. The van der Waals surface area contributed by atoms with Gasteiger partial charge in [-0.3, -0.25) is 14.9 Å². The van der Waals surface area contributed by atoms with Gasteiger partial charge in [0.2, 0.25) is 17.8 Å². The van der Waals surface area contributed by atoms with Crippen molar-refractivity contribution in [2.75, 3.05) is 48.2 Å². The highest BCUT2D eigenvalue weighted by Crippen LogP contribution is 2.24. The van der Waals surface area contributed by atoms with Crippen LogP contribution in [-0.2, 0) is 16.1 Å². The molecule has 3 rings (SSSR count). The predicted molar refractivity (Wildman–Crippen MR) is 138 cm³/mol. The molecule has 0 saturated carbocycles. The molecule has 2 amide bonds. The van der Waals surface area contributed by atoms with Crippen molar-refractivity contribution in [1.29, 1.82) is 0 Å². The van der Waals surface area contributed by atoms with Gasteiger partial charge >= 0.3 is 0 Å². The number of anilines is 3. The highest BCUT2D eigenvalue weighted by Gasteiger charge is 2.16. The highest BCUT2D eigenvalue weighted by atomic mass is 35.5. The Morgan fingerprint density at radius 1 is 1.11 bits per heavy atom. The van der Waals surface area contributed by atoms with Crippen molar-refractivity contribution in [3.8, 4) is 0 Å². The summed E-state index contributed by atoms with van der Waals surface area (Å²) in [7, 11) is 1.62. The lowest BCUT2D eigenvalue weighted by Gasteiger charge is -2.18. The van der Waals surface area contributed by atoms with Gasteiger partial charge in [0.05, 0.1) is 23.2 Å². The number of benzene rings is 1. The molecule has 188 valence electrons. The third-order valence-corrected chi connectivity index (χ3v) is 5.78. The number of aromatic nitrogens is 4. The molecule has 0 saturated heterocycles.